The fraction of sp³-hybridized carbons (Fsp3) is 0.182. The van der Waals surface area contributed by atoms with Crippen molar-refractivity contribution in [3.8, 4) is 16.9 Å². The van der Waals surface area contributed by atoms with Crippen molar-refractivity contribution in [1.82, 2.24) is 5.16 Å². The number of nitrogen functional groups attached to an aromatic ring is 1. The van der Waals surface area contributed by atoms with E-state index in [1.54, 1.807) is 0 Å². The van der Waals surface area contributed by atoms with E-state index in [0.29, 0.717) is 6.26 Å². The summed E-state index contributed by atoms with van der Waals surface area (Å²) in [4.78, 5) is -1.06. The second-order valence-corrected chi connectivity index (χ2v) is 5.91. The first-order valence-corrected chi connectivity index (χ1v) is 7.13. The average molecular weight is 304 g/mol. The van der Waals surface area contributed by atoms with Crippen molar-refractivity contribution in [2.45, 2.75) is 4.90 Å². The van der Waals surface area contributed by atoms with Crippen molar-refractivity contribution in [1.29, 1.82) is 0 Å². The summed E-state index contributed by atoms with van der Waals surface area (Å²) < 4.78 is 60.3. The Bertz CT molecular complexity index is 771. The fourth-order valence-corrected chi connectivity index (χ4v) is 2.61. The highest BCUT2D eigenvalue weighted by molar-refractivity contribution is 7.90. The third-order valence-electron chi connectivity index (χ3n) is 2.59. The van der Waals surface area contributed by atoms with Crippen molar-refractivity contribution in [2.24, 2.45) is 0 Å². The summed E-state index contributed by atoms with van der Waals surface area (Å²) in [7, 11) is -2.97. The smallest absolute Gasteiger partial charge is 0.230 e. The Morgan fingerprint density at radius 1 is 1.35 bits per heavy atom. The van der Waals surface area contributed by atoms with Crippen LogP contribution in [-0.2, 0) is 9.84 Å². The number of hydrogen-bond acceptors (Lipinski definition) is 6. The monoisotopic (exact) mass is 304 g/mol. The minimum atomic E-state index is -4.09. The molecule has 9 heteroatoms. The lowest BCUT2D eigenvalue weighted by atomic mass is 10.1. The molecule has 0 saturated heterocycles. The maximum absolute atomic E-state index is 14.2. The molecule has 0 aliphatic carbocycles. The second kappa shape index (κ2) is 4.75. The molecule has 0 spiro atoms. The van der Waals surface area contributed by atoms with Gasteiger partial charge < -0.3 is 15.0 Å². The van der Waals surface area contributed by atoms with E-state index in [1.807, 2.05) is 0 Å². The second-order valence-electron chi connectivity index (χ2n) is 3.96. The predicted molar refractivity (Wildman–Crippen MR) is 65.9 cm³/mol. The first-order chi connectivity index (χ1) is 9.27. The molecule has 2 N–H and O–H groups in total. The third kappa shape index (κ3) is 2.20. The quantitative estimate of drug-likeness (QED) is 0.925. The van der Waals surface area contributed by atoms with Gasteiger partial charge in [-0.15, -0.1) is 0 Å². The van der Waals surface area contributed by atoms with Crippen LogP contribution < -0.4 is 10.5 Å². The molecule has 6 nitrogen and oxygen atoms in total. The van der Waals surface area contributed by atoms with Crippen LogP contribution in [-0.4, -0.2) is 26.9 Å². The molecule has 0 aliphatic rings. The summed E-state index contributed by atoms with van der Waals surface area (Å²) in [5.41, 5.74) is 5.48. The van der Waals surface area contributed by atoms with Gasteiger partial charge in [0.1, 0.15) is 10.7 Å². The zero-order chi connectivity index (χ0) is 15.1. The molecule has 2 rings (SSSR count). The van der Waals surface area contributed by atoms with Crippen LogP contribution in [0, 0.1) is 11.6 Å². The highest BCUT2D eigenvalue weighted by Gasteiger charge is 2.28. The number of anilines is 1. The molecule has 0 amide bonds. The van der Waals surface area contributed by atoms with Crippen molar-refractivity contribution in [3.05, 3.63) is 23.9 Å². The van der Waals surface area contributed by atoms with Gasteiger partial charge in [-0.05, 0) is 6.07 Å². The maximum Gasteiger partial charge on any atom is 0.230 e. The molecule has 0 radical (unpaired) electrons. The molecule has 0 fully saturated rings. The van der Waals surface area contributed by atoms with Crippen LogP contribution in [0.2, 0.25) is 0 Å². The van der Waals surface area contributed by atoms with Crippen LogP contribution in [0.3, 0.4) is 0 Å². The number of sulfone groups is 1. The Hall–Kier alpha value is -2.16. The van der Waals surface area contributed by atoms with E-state index in [0.717, 1.165) is 19.4 Å². The van der Waals surface area contributed by atoms with Crippen LogP contribution in [0.15, 0.2) is 21.7 Å². The number of aromatic nitrogens is 1. The lowest BCUT2D eigenvalue weighted by molar-refractivity contribution is 0.377. The van der Waals surface area contributed by atoms with Crippen molar-refractivity contribution in [2.75, 3.05) is 19.1 Å². The Morgan fingerprint density at radius 3 is 2.45 bits per heavy atom. The molecule has 108 valence electrons. The molecule has 1 aromatic heterocycles. The van der Waals surface area contributed by atoms with Gasteiger partial charge in [-0.1, -0.05) is 5.16 Å². The van der Waals surface area contributed by atoms with E-state index >= 15 is 0 Å². The number of methoxy groups -OCH3 is 1. The Morgan fingerprint density at radius 2 is 2.00 bits per heavy atom. The van der Waals surface area contributed by atoms with Gasteiger partial charge in [0.05, 0.1) is 18.9 Å². The van der Waals surface area contributed by atoms with Crippen molar-refractivity contribution < 1.29 is 26.5 Å². The van der Waals surface area contributed by atoms with Crippen LogP contribution in [0.5, 0.6) is 5.75 Å². The van der Waals surface area contributed by atoms with E-state index in [9.17, 15) is 17.2 Å². The lowest BCUT2D eigenvalue weighted by Crippen LogP contribution is -2.07. The number of hydrogen-bond donors (Lipinski definition) is 1. The number of nitrogens with zero attached hydrogens (tertiary/aromatic N) is 1. The normalized spacial score (nSPS) is 11.6. The summed E-state index contributed by atoms with van der Waals surface area (Å²) in [6.07, 6.45) is 1.84. The summed E-state index contributed by atoms with van der Waals surface area (Å²) in [5, 5.41) is 3.39. The van der Waals surface area contributed by atoms with Gasteiger partial charge in [-0.2, -0.15) is 0 Å². The lowest BCUT2D eigenvalue weighted by Gasteiger charge is -2.12. The molecule has 2 aromatic rings. The first-order valence-electron chi connectivity index (χ1n) is 5.24. The minimum Gasteiger partial charge on any atom is -0.493 e. The van der Waals surface area contributed by atoms with Crippen molar-refractivity contribution in [3.63, 3.8) is 0 Å². The van der Waals surface area contributed by atoms with Gasteiger partial charge in [0.25, 0.3) is 0 Å². The Labute approximate surface area is 113 Å². The van der Waals surface area contributed by atoms with Gasteiger partial charge in [0.2, 0.25) is 5.88 Å². The molecule has 1 aromatic carbocycles. The van der Waals surface area contributed by atoms with Crippen LogP contribution in [0.1, 0.15) is 0 Å². The van der Waals surface area contributed by atoms with E-state index in [2.05, 4.69) is 9.68 Å². The van der Waals surface area contributed by atoms with E-state index in [1.165, 1.54) is 0 Å². The number of nitrogens with two attached hydrogens (primary N) is 1. The molecule has 0 unspecified atom stereocenters. The van der Waals surface area contributed by atoms with Crippen LogP contribution >= 0.6 is 0 Å². The predicted octanol–water partition coefficient (Wildman–Crippen LogP) is 1.61. The highest BCUT2D eigenvalue weighted by Crippen LogP contribution is 2.39. The standard InChI is InChI=1S/C11H10F2N2O4S/c1-18-9-5(6-4-15-19-11(6)14)3-7(12)10(8(9)13)20(2,16)17/h3-4H,14H2,1-2H3. The number of halogens is 2. The third-order valence-corrected chi connectivity index (χ3v) is 3.71. The van der Waals surface area contributed by atoms with Gasteiger partial charge in [-0.25, -0.2) is 17.2 Å². The largest absolute Gasteiger partial charge is 0.493 e. The minimum absolute atomic E-state index is 0.0892. The van der Waals surface area contributed by atoms with E-state index in [4.69, 9.17) is 10.5 Å². The van der Waals surface area contributed by atoms with Crippen LogP contribution in [0.25, 0.3) is 11.1 Å². The fourth-order valence-electron chi connectivity index (χ4n) is 1.77. The molecule has 0 saturated carbocycles. The molecule has 20 heavy (non-hydrogen) atoms. The highest BCUT2D eigenvalue weighted by atomic mass is 32.2. The van der Waals surface area contributed by atoms with Gasteiger partial charge in [0, 0.05) is 11.8 Å². The Kier molecular flexibility index (Phi) is 3.38. The molecule has 0 atom stereocenters. The van der Waals surface area contributed by atoms with Crippen LogP contribution in [0.4, 0.5) is 14.7 Å². The Balaban J connectivity index is 2.84. The molecule has 1 heterocycles. The summed E-state index contributed by atoms with van der Waals surface area (Å²) in [6.45, 7) is 0. The zero-order valence-corrected chi connectivity index (χ0v) is 11.3. The summed E-state index contributed by atoms with van der Waals surface area (Å²) in [6, 6.07) is 0.807. The van der Waals surface area contributed by atoms with E-state index in [-0.39, 0.29) is 17.0 Å². The number of ether oxygens (including phenoxy) is 1. The van der Waals surface area contributed by atoms with Gasteiger partial charge in [0.15, 0.2) is 21.4 Å². The summed E-state index contributed by atoms with van der Waals surface area (Å²) >= 11 is 0. The zero-order valence-electron chi connectivity index (χ0n) is 10.5. The molecular formula is C11H10F2N2O4S. The summed E-state index contributed by atoms with van der Waals surface area (Å²) in [5.74, 6) is -3.21. The van der Waals surface area contributed by atoms with E-state index < -0.39 is 32.1 Å². The maximum atomic E-state index is 14.2. The number of rotatable bonds is 3. The van der Waals surface area contributed by atoms with Gasteiger partial charge in [-0.3, -0.25) is 0 Å². The SMILES string of the molecule is COc1c(-c2cnoc2N)cc(F)c(S(C)(=O)=O)c1F. The molecular weight excluding hydrogens is 294 g/mol. The van der Waals surface area contributed by atoms with Crippen molar-refractivity contribution >= 4 is 15.7 Å². The molecule has 0 bridgehead atoms. The number of benzene rings is 1. The average Bonchev–Trinajstić information content (AvgIpc) is 2.72. The van der Waals surface area contributed by atoms with Gasteiger partial charge >= 0.3 is 0 Å². The topological polar surface area (TPSA) is 95.4 Å². The first kappa shape index (κ1) is 14.3. The molecule has 0 aliphatic heterocycles.